The van der Waals surface area contributed by atoms with Crippen LogP contribution in [0.25, 0.3) is 0 Å². The van der Waals surface area contributed by atoms with Crippen molar-refractivity contribution >= 4 is 22.6 Å². The Balaban J connectivity index is 0.975. The Kier molecular flexibility index (Phi) is 14.8. The summed E-state index contributed by atoms with van der Waals surface area (Å²) in [4.78, 5) is 17.8. The zero-order valence-electron chi connectivity index (χ0n) is 33.3. The number of hydrogen-bond donors (Lipinski definition) is 1. The summed E-state index contributed by atoms with van der Waals surface area (Å²) in [5.74, 6) is -1.98. The summed E-state index contributed by atoms with van der Waals surface area (Å²) in [6.07, 6.45) is 11.3. The maximum Gasteiger partial charge on any atom is 0.453 e. The third-order valence-electron chi connectivity index (χ3n) is 14.3. The number of ether oxygens (including phenoxy) is 1. The molecule has 0 radical (unpaired) electrons. The van der Waals surface area contributed by atoms with Gasteiger partial charge in [-0.2, -0.15) is 22.0 Å². The first-order valence-corrected chi connectivity index (χ1v) is 23.1. The zero-order chi connectivity index (χ0) is 39.9. The van der Waals surface area contributed by atoms with Crippen LogP contribution in [0, 0.1) is 23.2 Å². The van der Waals surface area contributed by atoms with Crippen LogP contribution >= 0.6 is 0 Å². The van der Waals surface area contributed by atoms with Crippen molar-refractivity contribution < 1.29 is 40.9 Å². The molecule has 2 aliphatic heterocycles. The number of halogens is 5. The molecule has 13 heteroatoms. The summed E-state index contributed by atoms with van der Waals surface area (Å²) in [6.45, 7) is 6.13. The van der Waals surface area contributed by atoms with Gasteiger partial charge in [0, 0.05) is 53.3 Å². The van der Waals surface area contributed by atoms with Crippen LogP contribution in [0.3, 0.4) is 0 Å². The molecule has 6 atom stereocenters. The molecule has 2 saturated heterocycles. The number of oxime groups is 1. The highest BCUT2D eigenvalue weighted by Crippen LogP contribution is 2.62. The molecule has 7 nitrogen and oxygen atoms in total. The number of alkyl halides is 5. The van der Waals surface area contributed by atoms with E-state index in [2.05, 4.69) is 29.1 Å². The van der Waals surface area contributed by atoms with Crippen LogP contribution < -0.4 is 4.74 Å². The first-order chi connectivity index (χ1) is 26.8. The second-order valence-corrected chi connectivity index (χ2v) is 19.5. The fourth-order valence-corrected chi connectivity index (χ4v) is 12.4. The van der Waals surface area contributed by atoms with E-state index in [9.17, 15) is 36.2 Å². The summed E-state index contributed by atoms with van der Waals surface area (Å²) in [7, 11) is -1.38. The third-order valence-corrected chi connectivity index (χ3v) is 15.8. The molecule has 2 saturated carbocycles. The van der Waals surface area contributed by atoms with Crippen molar-refractivity contribution in [2.45, 2.75) is 159 Å². The van der Waals surface area contributed by atoms with Gasteiger partial charge >= 0.3 is 18.2 Å². The van der Waals surface area contributed by atoms with Gasteiger partial charge in [-0.25, -0.2) is 4.79 Å². The molecule has 0 aromatic heterocycles. The number of unbranched alkanes of at least 4 members (excludes halogenated alkanes) is 6. The van der Waals surface area contributed by atoms with Crippen LogP contribution in [0.2, 0.25) is 0 Å². The fraction of sp³-hybridized carbons (Fsp3) is 0.814. The van der Waals surface area contributed by atoms with Gasteiger partial charge in [-0.1, -0.05) is 63.1 Å². The predicted octanol–water partition coefficient (Wildman–Crippen LogP) is 10.9. The third kappa shape index (κ3) is 10.3. The van der Waals surface area contributed by atoms with Crippen LogP contribution in [0.1, 0.15) is 146 Å². The number of benzene rings is 1. The van der Waals surface area contributed by atoms with E-state index >= 15 is 0 Å². The van der Waals surface area contributed by atoms with Crippen LogP contribution in [0.4, 0.5) is 26.7 Å². The summed E-state index contributed by atoms with van der Waals surface area (Å²) >= 11 is 0. The van der Waals surface area contributed by atoms with E-state index in [4.69, 9.17) is 4.74 Å². The SMILES string of the molecule is C[C@]12CC[C@@H]3c4ccc(OC(=O)N5CCC(N6CCCCC6)CC5)cc4C[C@@H](CCCCCCCCCS(=O)CCCC(F)(F)C(F)(F)F)[C@H]3[C@@H]1CC/C2=N/O. The van der Waals surface area contributed by atoms with Gasteiger partial charge in [0.15, 0.2) is 0 Å². The highest BCUT2D eigenvalue weighted by atomic mass is 32.2. The van der Waals surface area contributed by atoms with Crippen LogP contribution in [-0.4, -0.2) is 86.8 Å². The van der Waals surface area contributed by atoms with Crippen molar-refractivity contribution in [3.05, 3.63) is 29.3 Å². The van der Waals surface area contributed by atoms with E-state index < -0.39 is 35.7 Å². The maximum atomic E-state index is 13.3. The standard InChI is InChI=1S/C43H64F5N3O4S/c1-41-22-18-36-35-15-14-34(55-40(52)51-25-19-33(20-26-51)50-23-9-7-10-24-50)30-32(35)29-31(39(36)37(41)16-17-38(41)49-53)13-8-5-3-2-4-6-11-27-56(54)28-12-21-42(44,45)43(46,47)48/h14-15,30-31,33,36-37,39,53H,2-13,16-29H2,1H3/b49-38-/t31-,36-,37+,39-,41+,56?/m1/s1. The molecule has 1 aromatic rings. The number of carbonyl (C=O) groups is 1. The lowest BCUT2D eigenvalue weighted by Crippen LogP contribution is -2.48. The molecule has 1 unspecified atom stereocenters. The second kappa shape index (κ2) is 19.2. The Morgan fingerprint density at radius 1 is 0.911 bits per heavy atom. The number of rotatable bonds is 16. The van der Waals surface area contributed by atoms with Gasteiger partial charge in [0.05, 0.1) is 5.71 Å². The van der Waals surface area contributed by atoms with Gasteiger partial charge in [0.1, 0.15) is 5.75 Å². The molecular formula is C43H64F5N3O4S. The van der Waals surface area contributed by atoms with Gasteiger partial charge in [-0.3, -0.25) is 4.21 Å². The Hall–Kier alpha value is -2.28. The van der Waals surface area contributed by atoms with E-state index in [0.717, 1.165) is 109 Å². The predicted molar refractivity (Wildman–Crippen MR) is 210 cm³/mol. The number of fused-ring (bicyclic) bond motifs is 5. The first kappa shape index (κ1) is 43.3. The molecule has 56 heavy (non-hydrogen) atoms. The van der Waals surface area contributed by atoms with Crippen LogP contribution in [-0.2, 0) is 17.2 Å². The molecule has 1 amide bonds. The summed E-state index contributed by atoms with van der Waals surface area (Å²) < 4.78 is 81.4. The largest absolute Gasteiger partial charge is 0.453 e. The van der Waals surface area contributed by atoms with E-state index in [-0.39, 0.29) is 17.3 Å². The molecule has 6 rings (SSSR count). The summed E-state index contributed by atoms with van der Waals surface area (Å²) in [5.41, 5.74) is 3.58. The van der Waals surface area contributed by atoms with Crippen LogP contribution in [0.5, 0.6) is 5.75 Å². The van der Waals surface area contributed by atoms with Gasteiger partial charge in [-0.15, -0.1) is 0 Å². The topological polar surface area (TPSA) is 82.4 Å². The lowest BCUT2D eigenvalue weighted by molar-refractivity contribution is -0.284. The smallest absolute Gasteiger partial charge is 0.411 e. The van der Waals surface area contributed by atoms with Gasteiger partial charge in [0.2, 0.25) is 0 Å². The average molecular weight is 814 g/mol. The summed E-state index contributed by atoms with van der Waals surface area (Å²) in [5, 5.41) is 13.7. The number of piperidine rings is 2. The summed E-state index contributed by atoms with van der Waals surface area (Å²) in [6, 6.07) is 6.91. The number of carbonyl (C=O) groups excluding carboxylic acids is 1. The second-order valence-electron chi connectivity index (χ2n) is 17.8. The van der Waals surface area contributed by atoms with Gasteiger partial charge in [0.25, 0.3) is 0 Å². The van der Waals surface area contributed by atoms with Crippen LogP contribution in [0.15, 0.2) is 23.4 Å². The molecule has 1 aromatic carbocycles. The van der Waals surface area contributed by atoms with E-state index in [0.29, 0.717) is 47.6 Å². The molecule has 5 aliphatic rings. The van der Waals surface area contributed by atoms with Crippen molar-refractivity contribution in [2.24, 2.45) is 28.3 Å². The molecule has 0 bridgehead atoms. The first-order valence-electron chi connectivity index (χ1n) is 21.7. The monoisotopic (exact) mass is 813 g/mol. The Morgan fingerprint density at radius 3 is 2.29 bits per heavy atom. The Bertz CT molecular complexity index is 1510. The van der Waals surface area contributed by atoms with Crippen molar-refractivity contribution in [2.75, 3.05) is 37.7 Å². The van der Waals surface area contributed by atoms with Gasteiger partial charge < -0.3 is 19.7 Å². The maximum absolute atomic E-state index is 13.3. The average Bonchev–Trinajstić information content (AvgIpc) is 3.53. The molecular weight excluding hydrogens is 750 g/mol. The van der Waals surface area contributed by atoms with E-state index in [1.165, 1.54) is 43.5 Å². The minimum absolute atomic E-state index is 0.0690. The number of nitrogens with zero attached hydrogens (tertiary/aromatic N) is 3. The van der Waals surface area contributed by atoms with Crippen molar-refractivity contribution in [1.29, 1.82) is 0 Å². The molecule has 316 valence electrons. The minimum atomic E-state index is -5.56. The van der Waals surface area contributed by atoms with Gasteiger partial charge in [-0.05, 0) is 137 Å². The molecule has 2 heterocycles. The molecule has 3 aliphatic carbocycles. The highest BCUT2D eigenvalue weighted by Gasteiger charge is 2.57. The van der Waals surface area contributed by atoms with Crippen molar-refractivity contribution in [1.82, 2.24) is 9.80 Å². The minimum Gasteiger partial charge on any atom is -0.411 e. The number of hydrogen-bond acceptors (Lipinski definition) is 6. The van der Waals surface area contributed by atoms with E-state index in [1.54, 1.807) is 0 Å². The normalized spacial score (nSPS) is 28.8. The zero-order valence-corrected chi connectivity index (χ0v) is 34.1. The number of likely N-dealkylation sites (tertiary alicyclic amines) is 2. The lowest BCUT2D eigenvalue weighted by Gasteiger charge is -2.52. The fourth-order valence-electron chi connectivity index (χ4n) is 11.2. The number of amides is 1. The molecule has 4 fully saturated rings. The lowest BCUT2D eigenvalue weighted by atomic mass is 9.52. The van der Waals surface area contributed by atoms with Crippen molar-refractivity contribution in [3.8, 4) is 5.75 Å². The highest BCUT2D eigenvalue weighted by molar-refractivity contribution is 7.84. The quantitative estimate of drug-likeness (QED) is 0.0778. The molecule has 1 N–H and O–H groups in total. The Labute approximate surface area is 333 Å². The van der Waals surface area contributed by atoms with Crippen molar-refractivity contribution in [3.63, 3.8) is 0 Å². The Morgan fingerprint density at radius 2 is 1.59 bits per heavy atom. The molecule has 0 spiro atoms. The van der Waals surface area contributed by atoms with E-state index in [1.807, 2.05) is 11.0 Å².